The molecule has 1 aliphatic heterocycles. The van der Waals surface area contributed by atoms with E-state index in [2.05, 4.69) is 0 Å². The number of fused-ring (bicyclic) bond motifs is 2. The van der Waals surface area contributed by atoms with Crippen molar-refractivity contribution in [3.63, 3.8) is 0 Å². The zero-order chi connectivity index (χ0) is 21.5. The molecule has 11 heteroatoms. The molecule has 1 unspecified atom stereocenters. The van der Waals surface area contributed by atoms with Gasteiger partial charge in [0.2, 0.25) is 0 Å². The van der Waals surface area contributed by atoms with Crippen molar-refractivity contribution < 1.29 is 57.2 Å². The molecule has 32 heavy (non-hydrogen) atoms. The predicted molar refractivity (Wildman–Crippen MR) is 116 cm³/mol. The van der Waals surface area contributed by atoms with Crippen LogP contribution in [-0.4, -0.2) is 41.5 Å². The smallest absolute Gasteiger partial charge is 0.746 e. The summed E-state index contributed by atoms with van der Waals surface area (Å²) in [6, 6.07) is 16.8. The third-order valence-electron chi connectivity index (χ3n) is 4.53. The van der Waals surface area contributed by atoms with Crippen LogP contribution in [0.3, 0.4) is 0 Å². The fraction of sp³-hybridized carbons (Fsp3) is 0.0476. The number of benzene rings is 3. The predicted octanol–water partition coefficient (Wildman–Crippen LogP) is 1.66. The van der Waals surface area contributed by atoms with Gasteiger partial charge in [0.25, 0.3) is 0 Å². The first-order valence-electron chi connectivity index (χ1n) is 8.77. The van der Waals surface area contributed by atoms with Crippen molar-refractivity contribution in [3.05, 3.63) is 94.6 Å². The third kappa shape index (κ3) is 6.07. The van der Waals surface area contributed by atoms with Gasteiger partial charge in [-0.05, 0) is 48.5 Å². The number of phosphoric ester groups is 1. The Morgan fingerprint density at radius 2 is 1.50 bits per heavy atom. The normalized spacial score (nSPS) is 13.7. The van der Waals surface area contributed by atoms with Crippen molar-refractivity contribution in [1.82, 2.24) is 0 Å². The Bertz CT molecular complexity index is 1150. The molecule has 0 bridgehead atoms. The molecule has 0 amide bonds. The summed E-state index contributed by atoms with van der Waals surface area (Å²) in [4.78, 5) is 23.4. The molecule has 4 rings (SSSR count). The second kappa shape index (κ2) is 11.2. The molecular weight excluding hydrogens is 477 g/mol. The second-order valence-corrected chi connectivity index (χ2v) is 8.69. The average molecular weight is 492 g/mol. The maximum atomic E-state index is 14.1. The van der Waals surface area contributed by atoms with Crippen LogP contribution in [0.2, 0.25) is 0 Å². The molecule has 0 aliphatic carbocycles. The van der Waals surface area contributed by atoms with Crippen molar-refractivity contribution in [3.8, 4) is 0 Å². The van der Waals surface area contributed by atoms with Gasteiger partial charge < -0.3 is 19.2 Å². The Labute approximate surface area is 232 Å². The van der Waals surface area contributed by atoms with Crippen LogP contribution in [0.1, 0.15) is 11.1 Å². The number of rotatable bonds is 4. The van der Waals surface area contributed by atoms with Gasteiger partial charge in [-0.2, -0.15) is 0 Å². The van der Waals surface area contributed by atoms with E-state index in [-0.39, 0.29) is 69.8 Å². The molecule has 1 heterocycles. The molecule has 3 aromatic rings. The first kappa shape index (κ1) is 27.6. The molecule has 1 radical (unpaired) electrons. The van der Waals surface area contributed by atoms with E-state index in [1.54, 1.807) is 42.3 Å². The molecule has 1 aliphatic rings. The van der Waals surface area contributed by atoms with Crippen LogP contribution >= 0.6 is 19.6 Å². The van der Waals surface area contributed by atoms with Crippen molar-refractivity contribution in [1.29, 1.82) is 0 Å². The fourth-order valence-corrected chi connectivity index (χ4v) is 4.87. The largest absolute Gasteiger partial charge is 1.00 e. The first-order valence-corrected chi connectivity index (χ1v) is 11.1. The summed E-state index contributed by atoms with van der Waals surface area (Å²) in [5, 5.41) is -0.214. The Morgan fingerprint density at radius 3 is 1.97 bits per heavy atom. The molecule has 155 valence electrons. The molecule has 0 spiro atoms. The number of hydrogen-bond donors (Lipinski definition) is 1. The van der Waals surface area contributed by atoms with Crippen LogP contribution in [0.5, 0.6) is 0 Å². The number of halogens is 2. The number of hydrogen-bond acceptors (Lipinski definition) is 5. The Morgan fingerprint density at radius 1 is 1.00 bits per heavy atom. The minimum atomic E-state index is -5.22. The maximum absolute atomic E-state index is 14.1. The molecule has 0 saturated carbocycles. The van der Waals surface area contributed by atoms with Crippen molar-refractivity contribution in [2.75, 3.05) is 11.9 Å². The van der Waals surface area contributed by atoms with Crippen molar-refractivity contribution in [2.45, 2.75) is 4.90 Å². The van der Waals surface area contributed by atoms with Crippen LogP contribution < -0.4 is 39.4 Å². The van der Waals surface area contributed by atoms with Gasteiger partial charge in [-0.25, -0.2) is 8.78 Å². The molecule has 3 aromatic carbocycles. The van der Waals surface area contributed by atoms with Gasteiger partial charge in [-0.15, -0.1) is 0 Å². The monoisotopic (exact) mass is 492 g/mol. The summed E-state index contributed by atoms with van der Waals surface area (Å²) in [6.07, 6.45) is 0. The minimum absolute atomic E-state index is 0. The van der Waals surface area contributed by atoms with Crippen LogP contribution in [0, 0.1) is 11.6 Å². The minimum Gasteiger partial charge on any atom is -0.746 e. The topological polar surface area (TPSA) is 72.8 Å². The van der Waals surface area contributed by atoms with E-state index in [9.17, 15) is 23.1 Å². The summed E-state index contributed by atoms with van der Waals surface area (Å²) in [6.45, 7) is 0. The molecule has 0 saturated heterocycles. The SMILES string of the molecule is CN1c2ccc(F)cc2C(=C(OP(=O)([O-])O)Sc2ccccc2)c2cc(F)ccc21.[Na+].[Na]. The summed E-state index contributed by atoms with van der Waals surface area (Å²) >= 11 is 0.924. The van der Waals surface area contributed by atoms with Gasteiger partial charge in [0, 0.05) is 69.6 Å². The Kier molecular flexibility index (Phi) is 9.65. The van der Waals surface area contributed by atoms with E-state index in [0.717, 1.165) is 11.8 Å². The van der Waals surface area contributed by atoms with Crippen molar-refractivity contribution >= 4 is 66.1 Å². The molecule has 0 aromatic heterocycles. The van der Waals surface area contributed by atoms with E-state index in [0.29, 0.717) is 27.4 Å². The van der Waals surface area contributed by atoms with E-state index in [4.69, 9.17) is 4.52 Å². The summed E-state index contributed by atoms with van der Waals surface area (Å²) in [5.74, 6) is -1.12. The van der Waals surface area contributed by atoms with Gasteiger partial charge in [0.05, 0.1) is 0 Å². The van der Waals surface area contributed by atoms with Crippen LogP contribution in [0.15, 0.2) is 76.7 Å². The zero-order valence-corrected chi connectivity index (χ0v) is 23.3. The van der Waals surface area contributed by atoms with Gasteiger partial charge >= 0.3 is 37.4 Å². The quantitative estimate of drug-likeness (QED) is 0.259. The molecular formula is C21H15F2NNa2O4PS. The number of anilines is 2. The van der Waals surface area contributed by atoms with Gasteiger partial charge in [0.1, 0.15) is 11.6 Å². The Balaban J connectivity index is 0.00000181. The van der Waals surface area contributed by atoms with Crippen molar-refractivity contribution in [2.24, 2.45) is 0 Å². The van der Waals surface area contributed by atoms with E-state index >= 15 is 0 Å². The summed E-state index contributed by atoms with van der Waals surface area (Å²) < 4.78 is 44.9. The number of phosphoric acid groups is 1. The molecule has 5 nitrogen and oxygen atoms in total. The zero-order valence-electron chi connectivity index (χ0n) is 17.6. The molecule has 0 fully saturated rings. The second-order valence-electron chi connectivity index (χ2n) is 6.52. The third-order valence-corrected chi connectivity index (χ3v) is 6.05. The number of thioether (sulfide) groups is 1. The summed E-state index contributed by atoms with van der Waals surface area (Å²) in [5.41, 5.74) is 1.92. The van der Waals surface area contributed by atoms with Crippen LogP contribution in [-0.2, 0) is 9.09 Å². The fourth-order valence-electron chi connectivity index (χ4n) is 3.31. The first-order chi connectivity index (χ1) is 14.2. The van der Waals surface area contributed by atoms with Crippen LogP contribution in [0.4, 0.5) is 20.2 Å². The Hall–Kier alpha value is -0.640. The summed E-state index contributed by atoms with van der Waals surface area (Å²) in [7, 11) is -3.48. The maximum Gasteiger partial charge on any atom is 1.00 e. The van der Waals surface area contributed by atoms with Gasteiger partial charge in [-0.3, -0.25) is 4.57 Å². The van der Waals surface area contributed by atoms with Crippen LogP contribution in [0.25, 0.3) is 5.57 Å². The van der Waals surface area contributed by atoms with E-state index in [1.807, 2.05) is 0 Å². The molecule has 1 atom stereocenters. The van der Waals surface area contributed by atoms with E-state index in [1.165, 1.54) is 36.4 Å². The van der Waals surface area contributed by atoms with E-state index < -0.39 is 19.5 Å². The molecule has 1 N–H and O–H groups in total. The standard InChI is InChI=1S/C21H16F2NO4PS.2Na/c1-24-18-9-7-13(22)11-16(18)20(17-12-14(23)8-10-19(17)24)21(28-29(25,26)27)30-15-5-3-2-4-6-15;;/h2-12H,1H3,(H2,25,26,27);;/q;;+1/p-1. The van der Waals surface area contributed by atoms with Gasteiger partial charge in [0.15, 0.2) is 5.09 Å². The van der Waals surface area contributed by atoms with Gasteiger partial charge in [-0.1, -0.05) is 30.0 Å². The number of nitrogens with zero attached hydrogens (tertiary/aromatic N) is 1. The average Bonchev–Trinajstić information content (AvgIpc) is 2.67.